The highest BCUT2D eigenvalue weighted by Crippen LogP contribution is 2.29. The lowest BCUT2D eigenvalue weighted by atomic mass is 10.00. The summed E-state index contributed by atoms with van der Waals surface area (Å²) >= 11 is 0. The minimum absolute atomic E-state index is 0.0351. The number of halogens is 1. The van der Waals surface area contributed by atoms with E-state index in [9.17, 15) is 24.4 Å². The molecule has 7 nitrogen and oxygen atoms in total. The zero-order valence-electron chi connectivity index (χ0n) is 18.6. The molecule has 0 atom stereocenters. The van der Waals surface area contributed by atoms with E-state index < -0.39 is 4.92 Å². The lowest BCUT2D eigenvalue weighted by Gasteiger charge is -2.38. The largest absolute Gasteiger partial charge is 0.502 e. The summed E-state index contributed by atoms with van der Waals surface area (Å²) in [7, 11) is 0. The van der Waals surface area contributed by atoms with E-state index in [-0.39, 0.29) is 35.6 Å². The first-order valence-electron chi connectivity index (χ1n) is 11.2. The molecule has 1 N–H and O–H groups in total. The average molecular weight is 464 g/mol. The number of benzene rings is 3. The van der Waals surface area contributed by atoms with Crippen molar-refractivity contribution in [3.63, 3.8) is 0 Å². The molecule has 1 fully saturated rings. The minimum atomic E-state index is -0.593. The summed E-state index contributed by atoms with van der Waals surface area (Å²) in [6.07, 6.45) is 1.70. The first-order chi connectivity index (χ1) is 16.4. The molecule has 0 aromatic heterocycles. The maximum Gasteiger partial charge on any atom is 0.311 e. The number of hydrogen-bond acceptors (Lipinski definition) is 5. The second kappa shape index (κ2) is 10.4. The standard InChI is InChI=1S/C26H26FN3O4/c27-21-7-9-22(10-8-21)29(26(32)17-19-4-2-1-3-5-19)23-12-14-28(15-13-23)18-20-6-11-25(31)24(16-20)30(33)34/h1-11,16,23,31H,12-15,17-18H2. The molecule has 1 aliphatic heterocycles. The van der Waals surface area contributed by atoms with E-state index in [1.807, 2.05) is 30.3 Å². The van der Waals surface area contributed by atoms with Crippen LogP contribution in [0.25, 0.3) is 0 Å². The smallest absolute Gasteiger partial charge is 0.311 e. The van der Waals surface area contributed by atoms with Gasteiger partial charge in [-0.25, -0.2) is 4.39 Å². The van der Waals surface area contributed by atoms with Crippen molar-refractivity contribution in [2.75, 3.05) is 18.0 Å². The number of aromatic hydroxyl groups is 1. The molecule has 34 heavy (non-hydrogen) atoms. The number of likely N-dealkylation sites (tertiary alicyclic amines) is 1. The van der Waals surface area contributed by atoms with Gasteiger partial charge in [0.05, 0.1) is 11.3 Å². The second-order valence-corrected chi connectivity index (χ2v) is 8.49. The van der Waals surface area contributed by atoms with E-state index in [0.717, 1.165) is 24.0 Å². The predicted octanol–water partition coefficient (Wildman–Crippen LogP) is 4.68. The number of phenols is 1. The number of nitrogens with zero attached hydrogens (tertiary/aromatic N) is 3. The summed E-state index contributed by atoms with van der Waals surface area (Å²) in [5, 5.41) is 20.8. The summed E-state index contributed by atoms with van der Waals surface area (Å²) in [6, 6.07) is 19.9. The number of carbonyl (C=O) groups is 1. The van der Waals surface area contributed by atoms with Crippen LogP contribution in [0.3, 0.4) is 0 Å². The van der Waals surface area contributed by atoms with Crippen LogP contribution >= 0.6 is 0 Å². The molecular weight excluding hydrogens is 437 g/mol. The molecule has 0 radical (unpaired) electrons. The third kappa shape index (κ3) is 5.58. The summed E-state index contributed by atoms with van der Waals surface area (Å²) in [4.78, 5) is 27.8. The highest BCUT2D eigenvalue weighted by molar-refractivity contribution is 5.95. The summed E-state index contributed by atoms with van der Waals surface area (Å²) in [5.41, 5.74) is 2.04. The monoisotopic (exact) mass is 463 g/mol. The Bertz CT molecular complexity index is 1150. The number of piperidine rings is 1. The fourth-order valence-corrected chi connectivity index (χ4v) is 4.42. The molecule has 8 heteroatoms. The van der Waals surface area contributed by atoms with E-state index in [1.54, 1.807) is 23.1 Å². The molecule has 1 aliphatic rings. The van der Waals surface area contributed by atoms with E-state index in [1.165, 1.54) is 24.3 Å². The number of phenolic OH excluding ortho intramolecular Hbond substituents is 1. The Morgan fingerprint density at radius 3 is 2.35 bits per heavy atom. The van der Waals surface area contributed by atoms with Crippen LogP contribution in [-0.2, 0) is 17.8 Å². The molecule has 3 aromatic rings. The van der Waals surface area contributed by atoms with Crippen LogP contribution in [0.2, 0.25) is 0 Å². The molecule has 0 bridgehead atoms. The van der Waals surface area contributed by atoms with Crippen molar-refractivity contribution >= 4 is 17.3 Å². The molecule has 0 unspecified atom stereocenters. The van der Waals surface area contributed by atoms with Crippen molar-refractivity contribution in [3.8, 4) is 5.75 Å². The first-order valence-corrected chi connectivity index (χ1v) is 11.2. The number of nitro groups is 1. The number of rotatable bonds is 7. The lowest BCUT2D eigenvalue weighted by Crippen LogP contribution is -2.48. The van der Waals surface area contributed by atoms with Gasteiger partial charge in [0.1, 0.15) is 5.82 Å². The first kappa shape index (κ1) is 23.4. The zero-order valence-corrected chi connectivity index (χ0v) is 18.6. The summed E-state index contributed by atoms with van der Waals surface area (Å²) in [6.45, 7) is 1.92. The van der Waals surface area contributed by atoms with E-state index in [2.05, 4.69) is 4.90 Å². The molecule has 1 saturated heterocycles. The van der Waals surface area contributed by atoms with Gasteiger partial charge in [0, 0.05) is 37.4 Å². The highest BCUT2D eigenvalue weighted by atomic mass is 19.1. The minimum Gasteiger partial charge on any atom is -0.502 e. The van der Waals surface area contributed by atoms with Crippen molar-refractivity contribution in [2.45, 2.75) is 31.8 Å². The van der Waals surface area contributed by atoms with Crippen molar-refractivity contribution in [3.05, 3.63) is 99.9 Å². The van der Waals surface area contributed by atoms with Gasteiger partial charge >= 0.3 is 5.69 Å². The number of amides is 1. The zero-order chi connectivity index (χ0) is 24.1. The topological polar surface area (TPSA) is 86.9 Å². The molecule has 4 rings (SSSR count). The number of anilines is 1. The van der Waals surface area contributed by atoms with Gasteiger partial charge in [-0.2, -0.15) is 0 Å². The number of nitro benzene ring substituents is 1. The van der Waals surface area contributed by atoms with Crippen molar-refractivity contribution < 1.29 is 19.2 Å². The van der Waals surface area contributed by atoms with Crippen LogP contribution in [0.1, 0.15) is 24.0 Å². The SMILES string of the molecule is O=C(Cc1ccccc1)N(c1ccc(F)cc1)C1CCN(Cc2ccc(O)c([N+](=O)[O-])c2)CC1. The van der Waals surface area contributed by atoms with Crippen molar-refractivity contribution in [2.24, 2.45) is 0 Å². The third-order valence-corrected chi connectivity index (χ3v) is 6.14. The number of hydrogen-bond donors (Lipinski definition) is 1. The second-order valence-electron chi connectivity index (χ2n) is 8.49. The van der Waals surface area contributed by atoms with Gasteiger partial charge in [-0.1, -0.05) is 36.4 Å². The van der Waals surface area contributed by atoms with Gasteiger partial charge in [-0.05, 0) is 54.3 Å². The fraction of sp³-hybridized carbons (Fsp3) is 0.269. The average Bonchev–Trinajstić information content (AvgIpc) is 2.83. The normalized spacial score (nSPS) is 14.6. The molecule has 176 valence electrons. The predicted molar refractivity (Wildman–Crippen MR) is 127 cm³/mol. The van der Waals surface area contributed by atoms with Crippen LogP contribution in [0.4, 0.5) is 15.8 Å². The Labute approximate surface area is 197 Å². The van der Waals surface area contributed by atoms with Gasteiger partial charge in [0.15, 0.2) is 5.75 Å². The molecule has 0 saturated carbocycles. The molecule has 1 heterocycles. The van der Waals surface area contributed by atoms with Crippen LogP contribution in [0.5, 0.6) is 5.75 Å². The molecule has 0 aliphatic carbocycles. The maximum absolute atomic E-state index is 13.5. The lowest BCUT2D eigenvalue weighted by molar-refractivity contribution is -0.385. The van der Waals surface area contributed by atoms with E-state index >= 15 is 0 Å². The highest BCUT2D eigenvalue weighted by Gasteiger charge is 2.29. The van der Waals surface area contributed by atoms with Crippen LogP contribution in [0.15, 0.2) is 72.8 Å². The molecular formula is C26H26FN3O4. The maximum atomic E-state index is 13.5. The Morgan fingerprint density at radius 1 is 1.03 bits per heavy atom. The van der Waals surface area contributed by atoms with Gasteiger partial charge in [0.25, 0.3) is 0 Å². The van der Waals surface area contributed by atoms with Crippen LogP contribution < -0.4 is 4.90 Å². The summed E-state index contributed by atoms with van der Waals surface area (Å²) < 4.78 is 13.5. The van der Waals surface area contributed by atoms with Crippen LogP contribution in [-0.4, -0.2) is 40.0 Å². The molecule has 3 aromatic carbocycles. The van der Waals surface area contributed by atoms with Gasteiger partial charge in [0.2, 0.25) is 5.91 Å². The Balaban J connectivity index is 1.46. The molecule has 1 amide bonds. The Morgan fingerprint density at radius 2 is 1.71 bits per heavy atom. The van der Waals surface area contributed by atoms with Crippen molar-refractivity contribution in [1.82, 2.24) is 4.90 Å². The van der Waals surface area contributed by atoms with Crippen molar-refractivity contribution in [1.29, 1.82) is 0 Å². The van der Waals surface area contributed by atoms with Gasteiger partial charge in [-0.15, -0.1) is 0 Å². The Kier molecular flexibility index (Phi) is 7.18. The van der Waals surface area contributed by atoms with Gasteiger partial charge < -0.3 is 10.0 Å². The fourth-order valence-electron chi connectivity index (χ4n) is 4.42. The summed E-state index contributed by atoms with van der Waals surface area (Å²) in [5.74, 6) is -0.734. The molecule has 0 spiro atoms. The number of carbonyl (C=O) groups excluding carboxylic acids is 1. The third-order valence-electron chi connectivity index (χ3n) is 6.14. The Hall–Kier alpha value is -3.78. The van der Waals surface area contributed by atoms with E-state index in [0.29, 0.717) is 25.3 Å². The van der Waals surface area contributed by atoms with E-state index in [4.69, 9.17) is 0 Å². The quantitative estimate of drug-likeness (QED) is 0.406. The van der Waals surface area contributed by atoms with Gasteiger partial charge in [-0.3, -0.25) is 19.8 Å². The van der Waals surface area contributed by atoms with Crippen LogP contribution in [0, 0.1) is 15.9 Å².